The highest BCUT2D eigenvalue weighted by atomic mass is 79.9. The van der Waals surface area contributed by atoms with Crippen molar-refractivity contribution in [1.82, 2.24) is 5.32 Å². The number of furan rings is 1. The lowest BCUT2D eigenvalue weighted by molar-refractivity contribution is 0.147. The van der Waals surface area contributed by atoms with E-state index in [0.717, 1.165) is 29.7 Å². The highest BCUT2D eigenvalue weighted by Crippen LogP contribution is 2.20. The molecule has 2 rings (SSSR count). The molecular weight excluding hydrogens is 246 g/mol. The van der Waals surface area contributed by atoms with Crippen LogP contribution in [0.2, 0.25) is 0 Å². The van der Waals surface area contributed by atoms with E-state index in [9.17, 15) is 5.11 Å². The van der Waals surface area contributed by atoms with Gasteiger partial charge in [0.25, 0.3) is 0 Å². The maximum absolute atomic E-state index is 9.57. The number of aliphatic hydroxyl groups is 1. The molecule has 0 aromatic carbocycles. The molecule has 1 aliphatic carbocycles. The minimum absolute atomic E-state index is 0.187. The summed E-state index contributed by atoms with van der Waals surface area (Å²) in [4.78, 5) is 0. The van der Waals surface area contributed by atoms with Crippen molar-refractivity contribution < 1.29 is 9.52 Å². The van der Waals surface area contributed by atoms with Crippen LogP contribution in [0.5, 0.6) is 0 Å². The fourth-order valence-electron chi connectivity index (χ4n) is 1.86. The SMILES string of the molecule is O[C@@H]1CCC[C@@H]1NCc1ccc(Br)o1. The number of halogens is 1. The summed E-state index contributed by atoms with van der Waals surface area (Å²) in [6.45, 7) is 0.688. The van der Waals surface area contributed by atoms with Crippen LogP contribution in [0.1, 0.15) is 25.0 Å². The lowest BCUT2D eigenvalue weighted by Crippen LogP contribution is -2.34. The zero-order chi connectivity index (χ0) is 9.97. The van der Waals surface area contributed by atoms with Crippen LogP contribution < -0.4 is 5.32 Å². The third-order valence-corrected chi connectivity index (χ3v) is 3.07. The Hall–Kier alpha value is -0.320. The lowest BCUT2D eigenvalue weighted by Gasteiger charge is -2.15. The van der Waals surface area contributed by atoms with Crippen molar-refractivity contribution in [3.05, 3.63) is 22.6 Å². The Morgan fingerprint density at radius 3 is 2.93 bits per heavy atom. The standard InChI is InChI=1S/C10H14BrNO2/c11-10-5-4-7(14-10)6-12-8-2-1-3-9(8)13/h4-5,8-9,12-13H,1-3,6H2/t8-,9+/m0/s1. The Kier molecular flexibility index (Phi) is 3.26. The van der Waals surface area contributed by atoms with E-state index in [1.165, 1.54) is 0 Å². The third-order valence-electron chi connectivity index (χ3n) is 2.65. The Balaban J connectivity index is 1.82. The average molecular weight is 260 g/mol. The van der Waals surface area contributed by atoms with Crippen LogP contribution in [0.3, 0.4) is 0 Å². The zero-order valence-electron chi connectivity index (χ0n) is 7.87. The van der Waals surface area contributed by atoms with E-state index in [1.807, 2.05) is 12.1 Å². The third kappa shape index (κ3) is 2.38. The molecule has 1 fully saturated rings. The number of aliphatic hydroxyl groups excluding tert-OH is 1. The summed E-state index contributed by atoms with van der Waals surface area (Å²) >= 11 is 3.25. The van der Waals surface area contributed by atoms with Crippen molar-refractivity contribution in [3.63, 3.8) is 0 Å². The molecule has 14 heavy (non-hydrogen) atoms. The normalized spacial score (nSPS) is 27.0. The molecule has 0 aliphatic heterocycles. The summed E-state index contributed by atoms with van der Waals surface area (Å²) in [5, 5.41) is 12.9. The van der Waals surface area contributed by atoms with Crippen LogP contribution in [0.25, 0.3) is 0 Å². The molecule has 2 atom stereocenters. The van der Waals surface area contributed by atoms with E-state index in [-0.39, 0.29) is 12.1 Å². The molecule has 3 nitrogen and oxygen atoms in total. The quantitative estimate of drug-likeness (QED) is 0.874. The van der Waals surface area contributed by atoms with Gasteiger partial charge in [-0.3, -0.25) is 0 Å². The van der Waals surface area contributed by atoms with E-state index < -0.39 is 0 Å². The molecule has 0 radical (unpaired) electrons. The van der Waals surface area contributed by atoms with Crippen molar-refractivity contribution in [2.45, 2.75) is 38.0 Å². The second-order valence-corrected chi connectivity index (χ2v) is 4.47. The molecular formula is C10H14BrNO2. The molecule has 1 saturated carbocycles. The predicted molar refractivity (Wildman–Crippen MR) is 56.9 cm³/mol. The molecule has 1 aliphatic rings. The smallest absolute Gasteiger partial charge is 0.169 e. The van der Waals surface area contributed by atoms with E-state index in [2.05, 4.69) is 21.2 Å². The Labute approximate surface area is 91.6 Å². The van der Waals surface area contributed by atoms with Gasteiger partial charge in [0.2, 0.25) is 0 Å². The highest BCUT2D eigenvalue weighted by molar-refractivity contribution is 9.10. The largest absolute Gasteiger partial charge is 0.453 e. The van der Waals surface area contributed by atoms with Crippen molar-refractivity contribution in [2.24, 2.45) is 0 Å². The topological polar surface area (TPSA) is 45.4 Å². The van der Waals surface area contributed by atoms with Gasteiger partial charge >= 0.3 is 0 Å². The van der Waals surface area contributed by atoms with E-state index in [0.29, 0.717) is 6.54 Å². The number of rotatable bonds is 3. The van der Waals surface area contributed by atoms with Gasteiger partial charge < -0.3 is 14.8 Å². The summed E-state index contributed by atoms with van der Waals surface area (Å²) in [5.41, 5.74) is 0. The molecule has 4 heteroatoms. The first-order valence-corrected chi connectivity index (χ1v) is 5.70. The number of nitrogens with one attached hydrogen (secondary N) is 1. The predicted octanol–water partition coefficient (Wildman–Crippen LogP) is 2.05. The maximum Gasteiger partial charge on any atom is 0.169 e. The lowest BCUT2D eigenvalue weighted by atomic mass is 10.2. The second kappa shape index (κ2) is 4.47. The molecule has 1 aromatic heterocycles. The van der Waals surface area contributed by atoms with Gasteiger partial charge in [-0.1, -0.05) is 0 Å². The molecule has 78 valence electrons. The molecule has 1 heterocycles. The average Bonchev–Trinajstić information content (AvgIpc) is 2.72. The monoisotopic (exact) mass is 259 g/mol. The molecule has 0 bridgehead atoms. The van der Waals surface area contributed by atoms with Crippen LogP contribution in [0, 0.1) is 0 Å². The Bertz CT molecular complexity index is 300. The van der Waals surface area contributed by atoms with Crippen molar-refractivity contribution >= 4 is 15.9 Å². The Morgan fingerprint density at radius 2 is 2.36 bits per heavy atom. The summed E-state index contributed by atoms with van der Waals surface area (Å²) in [5.74, 6) is 0.899. The fraction of sp³-hybridized carbons (Fsp3) is 0.600. The fourth-order valence-corrected chi connectivity index (χ4v) is 2.20. The number of hydrogen-bond acceptors (Lipinski definition) is 3. The zero-order valence-corrected chi connectivity index (χ0v) is 9.46. The van der Waals surface area contributed by atoms with Crippen LogP contribution in [0.15, 0.2) is 21.2 Å². The van der Waals surface area contributed by atoms with Crippen molar-refractivity contribution in [2.75, 3.05) is 0 Å². The van der Waals surface area contributed by atoms with Crippen molar-refractivity contribution in [1.29, 1.82) is 0 Å². The molecule has 2 N–H and O–H groups in total. The van der Waals surface area contributed by atoms with E-state index >= 15 is 0 Å². The van der Waals surface area contributed by atoms with Crippen LogP contribution in [0.4, 0.5) is 0 Å². The van der Waals surface area contributed by atoms with Gasteiger partial charge in [-0.15, -0.1) is 0 Å². The summed E-state index contributed by atoms with van der Waals surface area (Å²) in [6.07, 6.45) is 2.90. The van der Waals surface area contributed by atoms with Gasteiger partial charge in [0, 0.05) is 6.04 Å². The number of hydrogen-bond donors (Lipinski definition) is 2. The van der Waals surface area contributed by atoms with Gasteiger partial charge in [0.15, 0.2) is 4.67 Å². The second-order valence-electron chi connectivity index (χ2n) is 3.69. The maximum atomic E-state index is 9.57. The molecule has 0 saturated heterocycles. The van der Waals surface area contributed by atoms with Crippen LogP contribution in [-0.4, -0.2) is 17.3 Å². The minimum atomic E-state index is -0.187. The summed E-state index contributed by atoms with van der Waals surface area (Å²) in [7, 11) is 0. The van der Waals surface area contributed by atoms with Gasteiger partial charge in [-0.25, -0.2) is 0 Å². The van der Waals surface area contributed by atoms with Crippen LogP contribution >= 0.6 is 15.9 Å². The molecule has 1 aromatic rings. The van der Waals surface area contributed by atoms with E-state index in [1.54, 1.807) is 0 Å². The minimum Gasteiger partial charge on any atom is -0.453 e. The highest BCUT2D eigenvalue weighted by Gasteiger charge is 2.24. The van der Waals surface area contributed by atoms with Crippen molar-refractivity contribution in [3.8, 4) is 0 Å². The first-order chi connectivity index (χ1) is 6.75. The molecule has 0 amide bonds. The summed E-state index contributed by atoms with van der Waals surface area (Å²) < 4.78 is 6.10. The van der Waals surface area contributed by atoms with E-state index in [4.69, 9.17) is 4.42 Å². The first kappa shape index (κ1) is 10.2. The van der Waals surface area contributed by atoms with Gasteiger partial charge in [0.05, 0.1) is 12.6 Å². The molecule has 0 spiro atoms. The van der Waals surface area contributed by atoms with Gasteiger partial charge in [-0.05, 0) is 47.3 Å². The summed E-state index contributed by atoms with van der Waals surface area (Å²) in [6, 6.07) is 4.04. The van der Waals surface area contributed by atoms with Crippen LogP contribution in [-0.2, 0) is 6.54 Å². The first-order valence-electron chi connectivity index (χ1n) is 4.91. The Morgan fingerprint density at radius 1 is 1.50 bits per heavy atom. The molecule has 0 unspecified atom stereocenters. The van der Waals surface area contributed by atoms with Gasteiger partial charge in [0.1, 0.15) is 5.76 Å². The van der Waals surface area contributed by atoms with Gasteiger partial charge in [-0.2, -0.15) is 0 Å².